The Balaban J connectivity index is 1.52. The lowest BCUT2D eigenvalue weighted by Crippen LogP contribution is -2.25. The van der Waals surface area contributed by atoms with Crippen molar-refractivity contribution in [1.82, 2.24) is 20.4 Å². The summed E-state index contributed by atoms with van der Waals surface area (Å²) in [7, 11) is 0. The molecule has 0 spiro atoms. The van der Waals surface area contributed by atoms with Crippen LogP contribution in [0.4, 0.5) is 0 Å². The van der Waals surface area contributed by atoms with Crippen molar-refractivity contribution in [1.29, 1.82) is 0 Å². The highest BCUT2D eigenvalue weighted by molar-refractivity contribution is 5.92. The Hall–Kier alpha value is -3.02. The van der Waals surface area contributed by atoms with Gasteiger partial charge in [-0.15, -0.1) is 0 Å². The Bertz CT molecular complexity index is 914. The third-order valence-electron chi connectivity index (χ3n) is 4.18. The van der Waals surface area contributed by atoms with Crippen molar-refractivity contribution in [2.75, 3.05) is 0 Å². The van der Waals surface area contributed by atoms with Crippen molar-refractivity contribution >= 4 is 22.7 Å². The number of aromatic amines is 1. The first-order chi connectivity index (χ1) is 11.8. The number of aryl methyl sites for hydroxylation is 1. The molecule has 0 bridgehead atoms. The number of nitrogens with one attached hydrogen (secondary N) is 2. The van der Waals surface area contributed by atoms with Crippen LogP contribution < -0.4 is 5.43 Å². The van der Waals surface area contributed by atoms with Gasteiger partial charge in [0.25, 0.3) is 0 Å². The number of imidazole rings is 1. The molecule has 0 unspecified atom stereocenters. The van der Waals surface area contributed by atoms with E-state index in [2.05, 4.69) is 43.7 Å². The molecule has 3 aromatic rings. The molecule has 0 aliphatic carbocycles. The normalized spacial score (nSPS) is 14.5. The van der Waals surface area contributed by atoms with Crippen LogP contribution in [-0.2, 0) is 11.2 Å². The fourth-order valence-electron chi connectivity index (χ4n) is 2.83. The first-order valence-corrected chi connectivity index (χ1v) is 8.01. The SMILES string of the molecule is O=C1CCC(CCc2ccc3[nH]c(-c4ccncc4)nc3c2)=NN1. The van der Waals surface area contributed by atoms with Gasteiger partial charge in [-0.05, 0) is 49.1 Å². The van der Waals surface area contributed by atoms with Gasteiger partial charge in [-0.25, -0.2) is 10.4 Å². The molecule has 3 heterocycles. The van der Waals surface area contributed by atoms with Gasteiger partial charge in [0.2, 0.25) is 5.91 Å². The predicted octanol–water partition coefficient (Wildman–Crippen LogP) is 2.82. The number of hydrogen-bond donors (Lipinski definition) is 2. The van der Waals surface area contributed by atoms with Gasteiger partial charge in [0.05, 0.1) is 11.0 Å². The highest BCUT2D eigenvalue weighted by Gasteiger charge is 2.12. The molecule has 0 atom stereocenters. The van der Waals surface area contributed by atoms with Gasteiger partial charge in [0, 0.05) is 30.1 Å². The molecule has 1 aliphatic heterocycles. The number of fused-ring (bicyclic) bond motifs is 1. The lowest BCUT2D eigenvalue weighted by molar-refractivity contribution is -0.121. The summed E-state index contributed by atoms with van der Waals surface area (Å²) in [5.74, 6) is 0.851. The first kappa shape index (κ1) is 14.6. The zero-order chi connectivity index (χ0) is 16.4. The molecule has 2 N–H and O–H groups in total. The summed E-state index contributed by atoms with van der Waals surface area (Å²) >= 11 is 0. The third kappa shape index (κ3) is 3.03. The quantitative estimate of drug-likeness (QED) is 0.775. The summed E-state index contributed by atoms with van der Waals surface area (Å²) in [4.78, 5) is 23.2. The van der Waals surface area contributed by atoms with Gasteiger partial charge < -0.3 is 4.98 Å². The minimum absolute atomic E-state index is 0.000309. The van der Waals surface area contributed by atoms with Crippen LogP contribution in [-0.4, -0.2) is 26.6 Å². The molecule has 6 heteroatoms. The van der Waals surface area contributed by atoms with Crippen molar-refractivity contribution in [3.63, 3.8) is 0 Å². The summed E-state index contributed by atoms with van der Waals surface area (Å²) in [5.41, 5.74) is 7.81. The number of benzene rings is 1. The van der Waals surface area contributed by atoms with Crippen molar-refractivity contribution in [3.05, 3.63) is 48.3 Å². The third-order valence-corrected chi connectivity index (χ3v) is 4.18. The highest BCUT2D eigenvalue weighted by atomic mass is 16.2. The summed E-state index contributed by atoms with van der Waals surface area (Å²) in [5, 5.41) is 4.12. The minimum Gasteiger partial charge on any atom is -0.338 e. The zero-order valence-electron chi connectivity index (χ0n) is 13.1. The van der Waals surface area contributed by atoms with Crippen molar-refractivity contribution in [2.45, 2.75) is 25.7 Å². The van der Waals surface area contributed by atoms with E-state index in [4.69, 9.17) is 0 Å². The molecule has 0 saturated heterocycles. The number of hydrogen-bond acceptors (Lipinski definition) is 4. The van der Waals surface area contributed by atoms with Gasteiger partial charge >= 0.3 is 0 Å². The standard InChI is InChI=1S/C18H17N5O/c24-17-6-4-14(22-23-17)3-1-12-2-5-15-16(11-12)21-18(20-15)13-7-9-19-10-8-13/h2,5,7-11H,1,3-4,6H2,(H,20,21)(H,23,24). The Morgan fingerprint density at radius 2 is 1.92 bits per heavy atom. The van der Waals surface area contributed by atoms with E-state index in [9.17, 15) is 4.79 Å². The van der Waals surface area contributed by atoms with Crippen LogP contribution in [0.3, 0.4) is 0 Å². The molecule has 0 fully saturated rings. The average Bonchev–Trinajstić information content (AvgIpc) is 3.05. The van der Waals surface area contributed by atoms with Crippen LogP contribution in [0.1, 0.15) is 24.8 Å². The number of rotatable bonds is 4. The summed E-state index contributed by atoms with van der Waals surface area (Å²) in [6.45, 7) is 0. The topological polar surface area (TPSA) is 83.0 Å². The second kappa shape index (κ2) is 6.23. The summed E-state index contributed by atoms with van der Waals surface area (Å²) < 4.78 is 0. The molecule has 1 aromatic carbocycles. The Morgan fingerprint density at radius 3 is 2.71 bits per heavy atom. The largest absolute Gasteiger partial charge is 0.338 e. The summed E-state index contributed by atoms with van der Waals surface area (Å²) in [6.07, 6.45) is 6.56. The van der Waals surface area contributed by atoms with Crippen LogP contribution in [0.25, 0.3) is 22.4 Å². The van der Waals surface area contributed by atoms with E-state index in [1.54, 1.807) is 12.4 Å². The molecule has 6 nitrogen and oxygen atoms in total. The molecule has 1 aliphatic rings. The van der Waals surface area contributed by atoms with Crippen molar-refractivity contribution in [2.24, 2.45) is 5.10 Å². The van der Waals surface area contributed by atoms with Crippen LogP contribution in [0.15, 0.2) is 47.8 Å². The zero-order valence-corrected chi connectivity index (χ0v) is 13.1. The molecule has 0 saturated carbocycles. The predicted molar refractivity (Wildman–Crippen MR) is 92.5 cm³/mol. The second-order valence-corrected chi connectivity index (χ2v) is 5.89. The fourth-order valence-corrected chi connectivity index (χ4v) is 2.83. The van der Waals surface area contributed by atoms with Crippen LogP contribution in [0.5, 0.6) is 0 Å². The van der Waals surface area contributed by atoms with Gasteiger partial charge in [0.15, 0.2) is 0 Å². The smallest absolute Gasteiger partial charge is 0.240 e. The Labute approximate surface area is 139 Å². The Morgan fingerprint density at radius 1 is 1.04 bits per heavy atom. The number of nitrogens with zero attached hydrogens (tertiary/aromatic N) is 3. The Kier molecular flexibility index (Phi) is 3.78. The summed E-state index contributed by atoms with van der Waals surface area (Å²) in [6, 6.07) is 10.2. The number of pyridine rings is 1. The first-order valence-electron chi connectivity index (χ1n) is 8.01. The van der Waals surface area contributed by atoms with E-state index in [0.29, 0.717) is 6.42 Å². The van der Waals surface area contributed by atoms with E-state index < -0.39 is 0 Å². The lowest BCUT2D eigenvalue weighted by Gasteiger charge is -2.11. The highest BCUT2D eigenvalue weighted by Crippen LogP contribution is 2.21. The van der Waals surface area contributed by atoms with E-state index in [-0.39, 0.29) is 5.91 Å². The van der Waals surface area contributed by atoms with Crippen LogP contribution in [0.2, 0.25) is 0 Å². The average molecular weight is 319 g/mol. The molecule has 0 radical (unpaired) electrons. The van der Waals surface area contributed by atoms with E-state index in [1.807, 2.05) is 12.1 Å². The van der Waals surface area contributed by atoms with Gasteiger partial charge in [-0.1, -0.05) is 6.07 Å². The molecule has 4 rings (SSSR count). The molecule has 2 aromatic heterocycles. The van der Waals surface area contributed by atoms with E-state index in [0.717, 1.165) is 47.4 Å². The van der Waals surface area contributed by atoms with E-state index in [1.165, 1.54) is 5.56 Å². The lowest BCUT2D eigenvalue weighted by atomic mass is 10.0. The molecular formula is C18H17N5O. The maximum atomic E-state index is 11.1. The fraction of sp³-hybridized carbons (Fsp3) is 0.222. The molecule has 120 valence electrons. The maximum absolute atomic E-state index is 11.1. The van der Waals surface area contributed by atoms with Crippen LogP contribution in [0, 0.1) is 0 Å². The molecule has 1 amide bonds. The van der Waals surface area contributed by atoms with Gasteiger partial charge in [0.1, 0.15) is 5.82 Å². The number of aromatic nitrogens is 3. The minimum atomic E-state index is 0.000309. The monoisotopic (exact) mass is 319 g/mol. The molecule has 24 heavy (non-hydrogen) atoms. The van der Waals surface area contributed by atoms with Crippen molar-refractivity contribution in [3.8, 4) is 11.4 Å². The number of amides is 1. The molecular weight excluding hydrogens is 302 g/mol. The number of carbonyl (C=O) groups excluding carboxylic acids is 1. The second-order valence-electron chi connectivity index (χ2n) is 5.89. The number of hydrazone groups is 1. The number of carbonyl (C=O) groups is 1. The van der Waals surface area contributed by atoms with Crippen LogP contribution >= 0.6 is 0 Å². The van der Waals surface area contributed by atoms with Gasteiger partial charge in [-0.2, -0.15) is 5.10 Å². The van der Waals surface area contributed by atoms with Gasteiger partial charge in [-0.3, -0.25) is 9.78 Å². The number of H-pyrrole nitrogens is 1. The van der Waals surface area contributed by atoms with E-state index >= 15 is 0 Å². The maximum Gasteiger partial charge on any atom is 0.240 e. The van der Waals surface area contributed by atoms with Crippen molar-refractivity contribution < 1.29 is 4.79 Å².